The Bertz CT molecular complexity index is 736. The lowest BCUT2D eigenvalue weighted by Gasteiger charge is -2.23. The number of hydrogen-bond acceptors (Lipinski definition) is 3. The molecule has 3 rings (SSSR count). The van der Waals surface area contributed by atoms with Crippen LogP contribution in [0, 0.1) is 5.82 Å². The van der Waals surface area contributed by atoms with Gasteiger partial charge in [0.2, 0.25) is 0 Å². The Morgan fingerprint density at radius 3 is 2.80 bits per heavy atom. The van der Waals surface area contributed by atoms with Crippen LogP contribution in [0.3, 0.4) is 0 Å². The first-order valence-corrected chi connectivity index (χ1v) is 6.27. The summed E-state index contributed by atoms with van der Waals surface area (Å²) in [6.07, 6.45) is 0.672. The number of carboxylic acids is 1. The van der Waals surface area contributed by atoms with Crippen LogP contribution in [0.15, 0.2) is 18.2 Å². The Morgan fingerprint density at radius 1 is 1.35 bits per heavy atom. The molecular weight excluding hydrogens is 263 g/mol. The molecule has 0 saturated carbocycles. The van der Waals surface area contributed by atoms with E-state index in [1.807, 2.05) is 11.9 Å². The third-order valence-corrected chi connectivity index (χ3v) is 3.69. The highest BCUT2D eigenvalue weighted by molar-refractivity contribution is 6.34. The SMILES string of the molecule is CN1CCc2c(n(C(=O)C(=O)O)c3ccc(F)cc23)C1. The zero-order chi connectivity index (χ0) is 14.4. The fourth-order valence-electron chi connectivity index (χ4n) is 2.79. The fraction of sp³-hybridized carbons (Fsp3) is 0.286. The molecule has 0 spiro atoms. The molecule has 0 radical (unpaired) electrons. The molecule has 0 atom stereocenters. The van der Waals surface area contributed by atoms with E-state index in [4.69, 9.17) is 5.11 Å². The summed E-state index contributed by atoms with van der Waals surface area (Å²) in [7, 11) is 1.90. The summed E-state index contributed by atoms with van der Waals surface area (Å²) < 4.78 is 14.6. The third kappa shape index (κ3) is 1.80. The van der Waals surface area contributed by atoms with Crippen molar-refractivity contribution in [2.45, 2.75) is 13.0 Å². The van der Waals surface area contributed by atoms with Crippen molar-refractivity contribution in [1.29, 1.82) is 0 Å². The molecular formula is C14H13FN2O3. The summed E-state index contributed by atoms with van der Waals surface area (Å²) >= 11 is 0. The van der Waals surface area contributed by atoms with E-state index in [0.29, 0.717) is 29.6 Å². The summed E-state index contributed by atoms with van der Waals surface area (Å²) in [5.41, 5.74) is 1.97. The minimum atomic E-state index is -1.51. The number of nitrogens with zero attached hydrogens (tertiary/aromatic N) is 2. The summed E-state index contributed by atoms with van der Waals surface area (Å²) in [6.45, 7) is 1.27. The molecule has 0 aliphatic carbocycles. The van der Waals surface area contributed by atoms with Crippen LogP contribution < -0.4 is 0 Å². The van der Waals surface area contributed by atoms with Gasteiger partial charge in [-0.05, 0) is 37.2 Å². The van der Waals surface area contributed by atoms with E-state index in [9.17, 15) is 14.0 Å². The molecule has 1 aliphatic rings. The molecule has 6 heteroatoms. The Balaban J connectivity index is 2.34. The van der Waals surface area contributed by atoms with E-state index in [1.54, 1.807) is 0 Å². The van der Waals surface area contributed by atoms with Gasteiger partial charge in [0.1, 0.15) is 5.82 Å². The number of benzene rings is 1. The zero-order valence-electron chi connectivity index (χ0n) is 10.9. The molecule has 1 aromatic carbocycles. The molecule has 1 aliphatic heterocycles. The number of halogens is 1. The quantitative estimate of drug-likeness (QED) is 0.741. The van der Waals surface area contributed by atoms with Crippen molar-refractivity contribution in [3.05, 3.63) is 35.3 Å². The van der Waals surface area contributed by atoms with Gasteiger partial charge >= 0.3 is 11.9 Å². The van der Waals surface area contributed by atoms with E-state index in [0.717, 1.165) is 12.1 Å². The number of likely N-dealkylation sites (N-methyl/N-ethyl adjacent to an activating group) is 1. The normalized spacial score (nSPS) is 15.3. The minimum Gasteiger partial charge on any atom is -0.474 e. The van der Waals surface area contributed by atoms with Gasteiger partial charge in [-0.1, -0.05) is 0 Å². The molecule has 0 fully saturated rings. The van der Waals surface area contributed by atoms with Crippen molar-refractivity contribution in [3.63, 3.8) is 0 Å². The van der Waals surface area contributed by atoms with Gasteiger partial charge in [-0.3, -0.25) is 9.36 Å². The van der Waals surface area contributed by atoms with Gasteiger partial charge in [-0.15, -0.1) is 0 Å². The van der Waals surface area contributed by atoms with Crippen molar-refractivity contribution in [2.75, 3.05) is 13.6 Å². The molecule has 2 aromatic rings. The molecule has 20 heavy (non-hydrogen) atoms. The van der Waals surface area contributed by atoms with Crippen LogP contribution in [0.5, 0.6) is 0 Å². The molecule has 104 valence electrons. The highest BCUT2D eigenvalue weighted by Crippen LogP contribution is 2.31. The summed E-state index contributed by atoms with van der Waals surface area (Å²) in [4.78, 5) is 25.0. The van der Waals surface area contributed by atoms with Crippen molar-refractivity contribution in [3.8, 4) is 0 Å². The van der Waals surface area contributed by atoms with Gasteiger partial charge in [-0.25, -0.2) is 9.18 Å². The van der Waals surface area contributed by atoms with Crippen molar-refractivity contribution in [1.82, 2.24) is 9.47 Å². The number of carbonyl (C=O) groups excluding carboxylic acids is 1. The average molecular weight is 276 g/mol. The van der Waals surface area contributed by atoms with Gasteiger partial charge in [0.05, 0.1) is 5.52 Å². The van der Waals surface area contributed by atoms with Crippen LogP contribution in [-0.2, 0) is 17.8 Å². The van der Waals surface area contributed by atoms with Crippen molar-refractivity contribution < 1.29 is 19.1 Å². The van der Waals surface area contributed by atoms with Crippen LogP contribution in [0.4, 0.5) is 4.39 Å². The van der Waals surface area contributed by atoms with Gasteiger partial charge in [-0.2, -0.15) is 0 Å². The predicted molar refractivity (Wildman–Crippen MR) is 70.2 cm³/mol. The van der Waals surface area contributed by atoms with Crippen molar-refractivity contribution in [2.24, 2.45) is 0 Å². The first-order chi connectivity index (χ1) is 9.49. The number of carboxylic acid groups (broad SMARTS) is 1. The van der Waals surface area contributed by atoms with Gasteiger partial charge in [0, 0.05) is 24.2 Å². The number of fused-ring (bicyclic) bond motifs is 3. The van der Waals surface area contributed by atoms with E-state index in [1.165, 1.54) is 22.8 Å². The highest BCUT2D eigenvalue weighted by Gasteiger charge is 2.28. The highest BCUT2D eigenvalue weighted by atomic mass is 19.1. The second kappa shape index (κ2) is 4.42. The number of hydrogen-bond donors (Lipinski definition) is 1. The number of carbonyl (C=O) groups is 2. The molecule has 5 nitrogen and oxygen atoms in total. The molecule has 1 N–H and O–H groups in total. The second-order valence-electron chi connectivity index (χ2n) is 5.02. The third-order valence-electron chi connectivity index (χ3n) is 3.69. The van der Waals surface area contributed by atoms with E-state index >= 15 is 0 Å². The monoisotopic (exact) mass is 276 g/mol. The standard InChI is InChI=1S/C14H13FN2O3/c1-16-5-4-9-10-6-8(15)2-3-11(10)17(12(9)7-16)13(18)14(19)20/h2-3,6H,4-5,7H2,1H3,(H,19,20). The molecule has 0 unspecified atom stereocenters. The molecule has 0 bridgehead atoms. The lowest BCUT2D eigenvalue weighted by atomic mass is 10.0. The number of aromatic nitrogens is 1. The maximum atomic E-state index is 13.4. The average Bonchev–Trinajstić information content (AvgIpc) is 2.70. The van der Waals surface area contributed by atoms with Gasteiger partial charge in [0.15, 0.2) is 0 Å². The fourth-order valence-corrected chi connectivity index (χ4v) is 2.79. The summed E-state index contributed by atoms with van der Waals surface area (Å²) in [6, 6.07) is 4.07. The van der Waals surface area contributed by atoms with Crippen LogP contribution in [0.2, 0.25) is 0 Å². The van der Waals surface area contributed by atoms with Gasteiger partial charge in [0.25, 0.3) is 0 Å². The van der Waals surface area contributed by atoms with E-state index in [2.05, 4.69) is 0 Å². The number of aliphatic carboxylic acids is 1. The van der Waals surface area contributed by atoms with E-state index < -0.39 is 11.9 Å². The van der Waals surface area contributed by atoms with Crippen LogP contribution in [0.25, 0.3) is 10.9 Å². The topological polar surface area (TPSA) is 62.5 Å². The Hall–Kier alpha value is -2.21. The van der Waals surface area contributed by atoms with Gasteiger partial charge < -0.3 is 10.0 Å². The maximum absolute atomic E-state index is 13.4. The van der Waals surface area contributed by atoms with Crippen LogP contribution >= 0.6 is 0 Å². The zero-order valence-corrected chi connectivity index (χ0v) is 10.9. The minimum absolute atomic E-state index is 0.390. The summed E-state index contributed by atoms with van der Waals surface area (Å²) in [5, 5.41) is 9.60. The number of rotatable bonds is 0. The van der Waals surface area contributed by atoms with Crippen LogP contribution in [-0.4, -0.2) is 40.0 Å². The van der Waals surface area contributed by atoms with Crippen LogP contribution in [0.1, 0.15) is 16.1 Å². The maximum Gasteiger partial charge on any atom is 0.395 e. The van der Waals surface area contributed by atoms with E-state index in [-0.39, 0.29) is 5.82 Å². The van der Waals surface area contributed by atoms with Crippen molar-refractivity contribution >= 4 is 22.8 Å². The molecule has 0 amide bonds. The largest absolute Gasteiger partial charge is 0.474 e. The summed E-state index contributed by atoms with van der Waals surface area (Å²) in [5.74, 6) is -2.90. The second-order valence-corrected chi connectivity index (χ2v) is 5.02. The molecule has 1 aromatic heterocycles. The first kappa shape index (κ1) is 12.8. The Labute approximate surface area is 114 Å². The molecule has 0 saturated heterocycles. The Morgan fingerprint density at radius 2 is 2.10 bits per heavy atom. The first-order valence-electron chi connectivity index (χ1n) is 6.27. The smallest absolute Gasteiger partial charge is 0.395 e. The lowest BCUT2D eigenvalue weighted by molar-refractivity contribution is -0.132. The Kier molecular flexibility index (Phi) is 2.83. The predicted octanol–water partition coefficient (Wildman–Crippen LogP) is 1.49. The lowest BCUT2D eigenvalue weighted by Crippen LogP contribution is -2.31. The molecule has 2 heterocycles.